The van der Waals surface area contributed by atoms with Gasteiger partial charge in [-0.25, -0.2) is 4.79 Å². The van der Waals surface area contributed by atoms with Gasteiger partial charge in [0.15, 0.2) is 0 Å². The van der Waals surface area contributed by atoms with E-state index in [1.165, 1.54) is 6.07 Å². The van der Waals surface area contributed by atoms with Gasteiger partial charge >= 0.3 is 5.97 Å². The molecule has 0 fully saturated rings. The van der Waals surface area contributed by atoms with Crippen LogP contribution < -0.4 is 17.0 Å². The third kappa shape index (κ3) is 2.11. The zero-order valence-electron chi connectivity index (χ0n) is 9.55. The SMILES string of the molecule is NNc1ccc(C(=O)O)c(-c2ccccc2N)c1. The van der Waals surface area contributed by atoms with Crippen molar-refractivity contribution in [2.45, 2.75) is 0 Å². The van der Waals surface area contributed by atoms with Gasteiger partial charge in [-0.3, -0.25) is 5.84 Å². The molecule has 0 aromatic heterocycles. The van der Waals surface area contributed by atoms with Gasteiger partial charge in [-0.2, -0.15) is 0 Å². The molecule has 2 rings (SSSR count). The number of hydrogen-bond acceptors (Lipinski definition) is 4. The zero-order valence-corrected chi connectivity index (χ0v) is 9.55. The van der Waals surface area contributed by atoms with E-state index in [9.17, 15) is 9.90 Å². The van der Waals surface area contributed by atoms with E-state index >= 15 is 0 Å². The van der Waals surface area contributed by atoms with Gasteiger partial charge in [0.25, 0.3) is 0 Å². The number of nitrogens with two attached hydrogens (primary N) is 2. The molecule has 2 aromatic rings. The highest BCUT2D eigenvalue weighted by Gasteiger charge is 2.13. The molecule has 5 heteroatoms. The molecule has 0 spiro atoms. The maximum atomic E-state index is 11.2. The predicted octanol–water partition coefficient (Wildman–Crippen LogP) is 1.92. The average Bonchev–Trinajstić information content (AvgIpc) is 2.38. The summed E-state index contributed by atoms with van der Waals surface area (Å²) in [4.78, 5) is 11.2. The van der Waals surface area contributed by atoms with Gasteiger partial charge in [0, 0.05) is 22.5 Å². The second kappa shape index (κ2) is 4.77. The van der Waals surface area contributed by atoms with E-state index < -0.39 is 5.97 Å². The normalized spacial score (nSPS) is 10.1. The number of nitrogens with one attached hydrogen (secondary N) is 1. The second-order valence-electron chi connectivity index (χ2n) is 3.80. The molecule has 92 valence electrons. The Kier molecular flexibility index (Phi) is 3.16. The van der Waals surface area contributed by atoms with Crippen molar-refractivity contribution in [3.8, 4) is 11.1 Å². The van der Waals surface area contributed by atoms with Crippen LogP contribution in [0.1, 0.15) is 10.4 Å². The second-order valence-corrected chi connectivity index (χ2v) is 3.80. The Morgan fingerprint density at radius 1 is 1.11 bits per heavy atom. The number of rotatable bonds is 3. The first-order chi connectivity index (χ1) is 8.63. The van der Waals surface area contributed by atoms with Crippen molar-refractivity contribution in [2.75, 3.05) is 11.2 Å². The van der Waals surface area contributed by atoms with E-state index in [-0.39, 0.29) is 5.56 Å². The van der Waals surface area contributed by atoms with E-state index in [1.54, 1.807) is 36.4 Å². The first-order valence-corrected chi connectivity index (χ1v) is 5.32. The van der Waals surface area contributed by atoms with Crippen molar-refractivity contribution in [3.63, 3.8) is 0 Å². The summed E-state index contributed by atoms with van der Waals surface area (Å²) in [6.45, 7) is 0. The van der Waals surface area contributed by atoms with Gasteiger partial charge in [-0.05, 0) is 24.3 Å². The van der Waals surface area contributed by atoms with Crippen LogP contribution in [0.3, 0.4) is 0 Å². The summed E-state index contributed by atoms with van der Waals surface area (Å²) in [5.74, 6) is 4.33. The monoisotopic (exact) mass is 243 g/mol. The third-order valence-corrected chi connectivity index (χ3v) is 2.67. The fourth-order valence-corrected chi connectivity index (χ4v) is 1.79. The van der Waals surface area contributed by atoms with Crippen molar-refractivity contribution in [1.82, 2.24) is 0 Å². The largest absolute Gasteiger partial charge is 0.478 e. The summed E-state index contributed by atoms with van der Waals surface area (Å²) in [6.07, 6.45) is 0. The van der Waals surface area contributed by atoms with Crippen molar-refractivity contribution >= 4 is 17.3 Å². The lowest BCUT2D eigenvalue weighted by atomic mass is 9.97. The van der Waals surface area contributed by atoms with Gasteiger partial charge in [-0.1, -0.05) is 18.2 Å². The number of benzene rings is 2. The number of hydrogen-bond donors (Lipinski definition) is 4. The number of carboxylic acid groups (broad SMARTS) is 1. The zero-order chi connectivity index (χ0) is 13.1. The summed E-state index contributed by atoms with van der Waals surface area (Å²) in [6, 6.07) is 11.9. The average molecular weight is 243 g/mol. The van der Waals surface area contributed by atoms with E-state index in [0.717, 1.165) is 0 Å². The van der Waals surface area contributed by atoms with Crippen LogP contribution in [0.15, 0.2) is 42.5 Å². The van der Waals surface area contributed by atoms with Crippen molar-refractivity contribution < 1.29 is 9.90 Å². The molecule has 0 amide bonds. The molecule has 2 aromatic carbocycles. The van der Waals surface area contributed by atoms with Gasteiger partial charge in [0.1, 0.15) is 0 Å². The van der Waals surface area contributed by atoms with Crippen molar-refractivity contribution in [3.05, 3.63) is 48.0 Å². The molecule has 0 saturated heterocycles. The minimum Gasteiger partial charge on any atom is -0.478 e. The number of hydrazine groups is 1. The lowest BCUT2D eigenvalue weighted by molar-refractivity contribution is 0.0698. The lowest BCUT2D eigenvalue weighted by Gasteiger charge is -2.11. The molecule has 0 radical (unpaired) electrons. The highest BCUT2D eigenvalue weighted by molar-refractivity contribution is 5.98. The van der Waals surface area contributed by atoms with Crippen LogP contribution >= 0.6 is 0 Å². The van der Waals surface area contributed by atoms with Gasteiger partial charge < -0.3 is 16.3 Å². The summed E-state index contributed by atoms with van der Waals surface area (Å²) < 4.78 is 0. The van der Waals surface area contributed by atoms with Gasteiger partial charge in [0.05, 0.1) is 5.56 Å². The topological polar surface area (TPSA) is 101 Å². The standard InChI is InChI=1S/C13H13N3O2/c14-12-4-2-1-3-9(12)11-7-8(16-15)5-6-10(11)13(17)18/h1-7,16H,14-15H2,(H,17,18). The molecule has 0 aliphatic carbocycles. The van der Waals surface area contributed by atoms with Crippen molar-refractivity contribution in [1.29, 1.82) is 0 Å². The number of carboxylic acids is 1. The summed E-state index contributed by atoms with van der Waals surface area (Å²) in [7, 11) is 0. The maximum Gasteiger partial charge on any atom is 0.336 e. The maximum absolute atomic E-state index is 11.2. The predicted molar refractivity (Wildman–Crippen MR) is 71.1 cm³/mol. The Labute approximate surface area is 104 Å². The molecular weight excluding hydrogens is 230 g/mol. The molecule has 0 heterocycles. The first kappa shape index (κ1) is 11.9. The molecule has 0 aliphatic heterocycles. The Morgan fingerprint density at radius 2 is 1.83 bits per heavy atom. The molecule has 18 heavy (non-hydrogen) atoms. The van der Waals surface area contributed by atoms with E-state index in [2.05, 4.69) is 5.43 Å². The number of aromatic carboxylic acids is 1. The Balaban J connectivity index is 2.68. The lowest BCUT2D eigenvalue weighted by Crippen LogP contribution is -2.08. The van der Waals surface area contributed by atoms with Crippen LogP contribution in [-0.2, 0) is 0 Å². The van der Waals surface area contributed by atoms with Gasteiger partial charge in [0.2, 0.25) is 0 Å². The molecule has 0 saturated carbocycles. The fraction of sp³-hybridized carbons (Fsp3) is 0. The highest BCUT2D eigenvalue weighted by atomic mass is 16.4. The fourth-order valence-electron chi connectivity index (χ4n) is 1.79. The summed E-state index contributed by atoms with van der Waals surface area (Å²) >= 11 is 0. The molecule has 5 nitrogen and oxygen atoms in total. The Morgan fingerprint density at radius 3 is 2.44 bits per heavy atom. The quantitative estimate of drug-likeness (QED) is 0.375. The number of nitrogen functional groups attached to an aromatic ring is 2. The summed E-state index contributed by atoms with van der Waals surface area (Å²) in [5, 5.41) is 9.19. The van der Waals surface area contributed by atoms with Gasteiger partial charge in [-0.15, -0.1) is 0 Å². The molecule has 0 unspecified atom stereocenters. The number of anilines is 2. The smallest absolute Gasteiger partial charge is 0.336 e. The molecule has 0 atom stereocenters. The molecule has 0 aliphatic rings. The molecule has 6 N–H and O–H groups in total. The Hall–Kier alpha value is -2.53. The third-order valence-electron chi connectivity index (χ3n) is 2.67. The van der Waals surface area contributed by atoms with Crippen LogP contribution in [0.5, 0.6) is 0 Å². The number of para-hydroxylation sites is 1. The van der Waals surface area contributed by atoms with Crippen LogP contribution in [-0.4, -0.2) is 11.1 Å². The van der Waals surface area contributed by atoms with E-state index in [1.807, 2.05) is 0 Å². The molecular formula is C13H13N3O2. The highest BCUT2D eigenvalue weighted by Crippen LogP contribution is 2.30. The minimum atomic E-state index is -1.00. The van der Waals surface area contributed by atoms with Crippen LogP contribution in [0.4, 0.5) is 11.4 Å². The Bertz CT molecular complexity index is 597. The van der Waals surface area contributed by atoms with Crippen LogP contribution in [0.2, 0.25) is 0 Å². The van der Waals surface area contributed by atoms with Crippen LogP contribution in [0, 0.1) is 0 Å². The van der Waals surface area contributed by atoms with Crippen LogP contribution in [0.25, 0.3) is 11.1 Å². The van der Waals surface area contributed by atoms with E-state index in [0.29, 0.717) is 22.5 Å². The van der Waals surface area contributed by atoms with E-state index in [4.69, 9.17) is 11.6 Å². The summed E-state index contributed by atoms with van der Waals surface area (Å²) in [5.41, 5.74) is 10.9. The minimum absolute atomic E-state index is 0.187. The molecule has 0 bridgehead atoms. The number of carbonyl (C=O) groups is 1. The van der Waals surface area contributed by atoms with Crippen molar-refractivity contribution in [2.24, 2.45) is 5.84 Å². The first-order valence-electron chi connectivity index (χ1n) is 5.32.